The molecule has 3 heterocycles. The molecule has 0 aromatic heterocycles. The van der Waals surface area contributed by atoms with E-state index in [2.05, 4.69) is 6.58 Å². The Bertz CT molecular complexity index is 1040. The van der Waals surface area contributed by atoms with Gasteiger partial charge in [-0.15, -0.1) is 0 Å². The third kappa shape index (κ3) is 2.63. The van der Waals surface area contributed by atoms with Crippen LogP contribution in [0.25, 0.3) is 0 Å². The molecule has 0 amide bonds. The lowest BCUT2D eigenvalue weighted by atomic mass is 9.81. The molecule has 5 rings (SSSR count). The fourth-order valence-electron chi connectivity index (χ4n) is 4.40. The van der Waals surface area contributed by atoms with Crippen molar-refractivity contribution in [2.45, 2.75) is 38.1 Å². The van der Waals surface area contributed by atoms with Crippen LogP contribution < -0.4 is 18.9 Å². The van der Waals surface area contributed by atoms with Gasteiger partial charge in [0, 0.05) is 23.1 Å². The van der Waals surface area contributed by atoms with Crippen molar-refractivity contribution < 1.29 is 28.8 Å². The van der Waals surface area contributed by atoms with Crippen molar-refractivity contribution in [2.75, 3.05) is 13.7 Å². The van der Waals surface area contributed by atoms with Crippen LogP contribution in [0.2, 0.25) is 0 Å². The Morgan fingerprint density at radius 2 is 2.10 bits per heavy atom. The van der Waals surface area contributed by atoms with Crippen molar-refractivity contribution in [3.63, 3.8) is 0 Å². The molecule has 0 bridgehead atoms. The molecule has 2 aromatic rings. The smallest absolute Gasteiger partial charge is 0.178 e. The summed E-state index contributed by atoms with van der Waals surface area (Å²) >= 11 is 0. The lowest BCUT2D eigenvalue weighted by Crippen LogP contribution is -2.43. The predicted molar refractivity (Wildman–Crippen MR) is 105 cm³/mol. The Labute approximate surface area is 168 Å². The third-order valence-corrected chi connectivity index (χ3v) is 5.94. The van der Waals surface area contributed by atoms with Gasteiger partial charge in [0.2, 0.25) is 0 Å². The molecule has 0 aliphatic carbocycles. The first-order valence-corrected chi connectivity index (χ1v) is 9.65. The van der Waals surface area contributed by atoms with Crippen molar-refractivity contribution in [3.8, 4) is 23.0 Å². The molecule has 2 aromatic carbocycles. The lowest BCUT2D eigenvalue weighted by Gasteiger charge is -2.37. The van der Waals surface area contributed by atoms with Gasteiger partial charge in [-0.25, -0.2) is 0 Å². The van der Waals surface area contributed by atoms with Gasteiger partial charge in [-0.05, 0) is 36.8 Å². The highest BCUT2D eigenvalue weighted by Crippen LogP contribution is 2.49. The van der Waals surface area contributed by atoms with Gasteiger partial charge in [-0.3, -0.25) is 4.79 Å². The summed E-state index contributed by atoms with van der Waals surface area (Å²) in [6.45, 7) is 6.01. The Hall–Kier alpha value is -2.99. The molecule has 0 unspecified atom stereocenters. The average Bonchev–Trinajstić information content (AvgIpc) is 3.17. The van der Waals surface area contributed by atoms with Crippen LogP contribution in [-0.4, -0.2) is 36.8 Å². The molecule has 0 saturated heterocycles. The van der Waals surface area contributed by atoms with Crippen LogP contribution in [0, 0.1) is 0 Å². The SMILES string of the molecule is C=C(C)[C@H]1Cc2c(ccc3c2O[C@@H]2COc4cc(CO)c(OC)cc4[C@@H]2C3=O)O1. The molecule has 0 spiro atoms. The lowest BCUT2D eigenvalue weighted by molar-refractivity contribution is 0.0555. The molecular weight excluding hydrogens is 372 g/mol. The number of fused-ring (bicyclic) bond motifs is 6. The molecule has 3 aliphatic rings. The van der Waals surface area contributed by atoms with E-state index in [0.29, 0.717) is 34.8 Å². The highest BCUT2D eigenvalue weighted by molar-refractivity contribution is 6.06. The molecule has 3 aliphatic heterocycles. The minimum absolute atomic E-state index is 0.00109. The number of ether oxygens (including phenoxy) is 4. The highest BCUT2D eigenvalue weighted by atomic mass is 16.5. The number of methoxy groups -OCH3 is 1. The summed E-state index contributed by atoms with van der Waals surface area (Å²) in [6.07, 6.45) is 0.115. The summed E-state index contributed by atoms with van der Waals surface area (Å²) in [5.74, 6) is 1.98. The molecule has 0 radical (unpaired) electrons. The number of Topliss-reactive ketones (excluding diaryl/α,β-unsaturated/α-hetero) is 1. The Morgan fingerprint density at radius 1 is 1.28 bits per heavy atom. The summed E-state index contributed by atoms with van der Waals surface area (Å²) in [6, 6.07) is 7.13. The Balaban J connectivity index is 1.58. The topological polar surface area (TPSA) is 74.2 Å². The normalized spacial score (nSPS) is 23.6. The van der Waals surface area contributed by atoms with Crippen molar-refractivity contribution in [1.29, 1.82) is 0 Å². The largest absolute Gasteiger partial charge is 0.496 e. The second kappa shape index (κ2) is 6.52. The first-order valence-electron chi connectivity index (χ1n) is 9.65. The molecule has 0 fully saturated rings. The first-order chi connectivity index (χ1) is 14.0. The number of carbonyl (C=O) groups excluding carboxylic acids is 1. The van der Waals surface area contributed by atoms with Gasteiger partial charge in [-0.2, -0.15) is 0 Å². The molecular formula is C23H22O6. The van der Waals surface area contributed by atoms with E-state index in [1.165, 1.54) is 7.11 Å². The van der Waals surface area contributed by atoms with Crippen molar-refractivity contribution in [1.82, 2.24) is 0 Å². The van der Waals surface area contributed by atoms with Gasteiger partial charge in [0.25, 0.3) is 0 Å². The summed E-state index contributed by atoms with van der Waals surface area (Å²) in [7, 11) is 1.54. The number of carbonyl (C=O) groups is 1. The zero-order valence-electron chi connectivity index (χ0n) is 16.4. The van der Waals surface area contributed by atoms with Crippen LogP contribution in [-0.2, 0) is 13.0 Å². The van der Waals surface area contributed by atoms with Crippen molar-refractivity contribution in [2.24, 2.45) is 0 Å². The minimum atomic E-state index is -0.481. The standard InChI is InChI=1S/C23H22O6/c1-11(2)17-8-15-16(28-17)5-4-13-22(25)21-14-7-18(26-3)12(9-24)6-19(14)27-10-20(21)29-23(13)15/h4-7,17,20-21,24H,1,8-10H2,2-3H3/t17-,20-,21+/m1/s1. The van der Waals surface area contributed by atoms with Crippen molar-refractivity contribution >= 4 is 5.78 Å². The number of aliphatic hydroxyl groups is 1. The van der Waals surface area contributed by atoms with Gasteiger partial charge in [0.1, 0.15) is 41.8 Å². The maximum absolute atomic E-state index is 13.5. The molecule has 6 nitrogen and oxygen atoms in total. The fourth-order valence-corrected chi connectivity index (χ4v) is 4.40. The maximum atomic E-state index is 13.5. The fraction of sp³-hybridized carbons (Fsp3) is 0.348. The Morgan fingerprint density at radius 3 is 2.83 bits per heavy atom. The maximum Gasteiger partial charge on any atom is 0.178 e. The third-order valence-electron chi connectivity index (χ3n) is 5.94. The molecule has 6 heteroatoms. The number of ketones is 1. The van der Waals surface area contributed by atoms with Crippen LogP contribution in [0.1, 0.15) is 39.9 Å². The quantitative estimate of drug-likeness (QED) is 0.806. The molecule has 3 atom stereocenters. The van der Waals surface area contributed by atoms with E-state index in [4.69, 9.17) is 18.9 Å². The second-order valence-electron chi connectivity index (χ2n) is 7.75. The van der Waals surface area contributed by atoms with Gasteiger partial charge < -0.3 is 24.1 Å². The molecule has 29 heavy (non-hydrogen) atoms. The summed E-state index contributed by atoms with van der Waals surface area (Å²) in [5, 5.41) is 9.57. The second-order valence-corrected chi connectivity index (χ2v) is 7.75. The van der Waals surface area contributed by atoms with Gasteiger partial charge in [0.15, 0.2) is 5.78 Å². The summed E-state index contributed by atoms with van der Waals surface area (Å²) in [5.41, 5.74) is 3.77. The first kappa shape index (κ1) is 18.1. The molecule has 0 saturated carbocycles. The zero-order chi connectivity index (χ0) is 20.3. The number of hydrogen-bond acceptors (Lipinski definition) is 6. The number of aliphatic hydroxyl groups excluding tert-OH is 1. The van der Waals surface area contributed by atoms with E-state index in [1.54, 1.807) is 18.2 Å². The van der Waals surface area contributed by atoms with Crippen molar-refractivity contribution in [3.05, 3.63) is 58.7 Å². The molecule has 150 valence electrons. The van der Waals surface area contributed by atoms with Gasteiger partial charge >= 0.3 is 0 Å². The summed E-state index contributed by atoms with van der Waals surface area (Å²) < 4.78 is 23.6. The number of rotatable bonds is 3. The monoisotopic (exact) mass is 394 g/mol. The van der Waals surface area contributed by atoms with Crippen LogP contribution in [0.15, 0.2) is 36.4 Å². The number of benzene rings is 2. The zero-order valence-corrected chi connectivity index (χ0v) is 16.4. The van der Waals surface area contributed by atoms with E-state index in [9.17, 15) is 9.90 Å². The van der Waals surface area contributed by atoms with Gasteiger partial charge in [-0.1, -0.05) is 6.58 Å². The van der Waals surface area contributed by atoms with Gasteiger partial charge in [0.05, 0.1) is 25.2 Å². The van der Waals surface area contributed by atoms with Crippen LogP contribution in [0.3, 0.4) is 0 Å². The summed E-state index contributed by atoms with van der Waals surface area (Å²) in [4.78, 5) is 13.5. The minimum Gasteiger partial charge on any atom is -0.496 e. The van der Waals surface area contributed by atoms with E-state index < -0.39 is 12.0 Å². The number of hydrogen-bond donors (Lipinski definition) is 1. The van der Waals surface area contributed by atoms with Crippen LogP contribution >= 0.6 is 0 Å². The Kier molecular flexibility index (Phi) is 4.06. The average molecular weight is 394 g/mol. The van der Waals surface area contributed by atoms with E-state index in [1.807, 2.05) is 13.0 Å². The molecule has 1 N–H and O–H groups in total. The predicted octanol–water partition coefficient (Wildman–Crippen LogP) is 3.19. The van der Waals surface area contributed by atoms with Crippen LogP contribution in [0.5, 0.6) is 23.0 Å². The van der Waals surface area contributed by atoms with Crippen LogP contribution in [0.4, 0.5) is 0 Å². The van der Waals surface area contributed by atoms with E-state index in [-0.39, 0.29) is 25.1 Å². The highest BCUT2D eigenvalue weighted by Gasteiger charge is 2.45. The van der Waals surface area contributed by atoms with E-state index >= 15 is 0 Å². The van der Waals surface area contributed by atoms with E-state index in [0.717, 1.165) is 22.4 Å².